The van der Waals surface area contributed by atoms with Crippen molar-refractivity contribution in [3.63, 3.8) is 0 Å². The highest BCUT2D eigenvalue weighted by molar-refractivity contribution is 5.79. The van der Waals surface area contributed by atoms with Gasteiger partial charge in [-0.15, -0.1) is 0 Å². The van der Waals surface area contributed by atoms with E-state index in [4.69, 9.17) is 10.00 Å². The third kappa shape index (κ3) is 3.37. The molecule has 0 N–H and O–H groups in total. The molecule has 0 spiro atoms. The Balaban J connectivity index is 2.08. The summed E-state index contributed by atoms with van der Waals surface area (Å²) in [5.41, 5.74) is 1.67. The van der Waals surface area contributed by atoms with Crippen molar-refractivity contribution >= 4 is 5.78 Å². The summed E-state index contributed by atoms with van der Waals surface area (Å²) in [4.78, 5) is 13.6. The second-order valence-corrected chi connectivity index (χ2v) is 5.32. The minimum Gasteiger partial charge on any atom is -0.496 e. The summed E-state index contributed by atoms with van der Waals surface area (Å²) in [6.45, 7) is 0.734. The summed E-state index contributed by atoms with van der Waals surface area (Å²) in [5.74, 6) is 1.18. The number of methoxy groups -OCH3 is 1. The summed E-state index contributed by atoms with van der Waals surface area (Å²) in [6.07, 6.45) is 3.22. The van der Waals surface area contributed by atoms with E-state index in [0.29, 0.717) is 30.2 Å². The molecule has 0 bridgehead atoms. The molecular weight excluding hydrogens is 252 g/mol. The summed E-state index contributed by atoms with van der Waals surface area (Å²) in [5, 5.41) is 9.00. The van der Waals surface area contributed by atoms with Crippen LogP contribution >= 0.6 is 0 Å². The van der Waals surface area contributed by atoms with Gasteiger partial charge in [0.1, 0.15) is 11.5 Å². The molecule has 0 radical (unpaired) electrons. The molecule has 0 aliphatic heterocycles. The summed E-state index contributed by atoms with van der Waals surface area (Å²) in [6, 6.07) is 8.08. The average molecular weight is 272 g/mol. The van der Waals surface area contributed by atoms with Crippen molar-refractivity contribution in [1.29, 1.82) is 5.26 Å². The predicted molar refractivity (Wildman–Crippen MR) is 76.4 cm³/mol. The molecule has 0 heterocycles. The van der Waals surface area contributed by atoms with Crippen LogP contribution in [0.4, 0.5) is 0 Å². The van der Waals surface area contributed by atoms with Crippen LogP contribution in [-0.2, 0) is 11.3 Å². The van der Waals surface area contributed by atoms with E-state index in [0.717, 1.165) is 30.7 Å². The fourth-order valence-electron chi connectivity index (χ4n) is 2.73. The van der Waals surface area contributed by atoms with E-state index in [1.54, 1.807) is 13.2 Å². The van der Waals surface area contributed by atoms with Gasteiger partial charge in [0, 0.05) is 31.0 Å². The Morgan fingerprint density at radius 1 is 1.40 bits per heavy atom. The minimum atomic E-state index is 0.374. The maximum Gasteiger partial charge on any atom is 0.133 e. The Labute approximate surface area is 120 Å². The van der Waals surface area contributed by atoms with Gasteiger partial charge in [-0.2, -0.15) is 5.26 Å². The van der Waals surface area contributed by atoms with Gasteiger partial charge in [-0.25, -0.2) is 0 Å². The molecular formula is C16H20N2O2. The van der Waals surface area contributed by atoms with E-state index in [1.165, 1.54) is 0 Å². The number of carbonyl (C=O) groups excluding carboxylic acids is 1. The smallest absolute Gasteiger partial charge is 0.133 e. The van der Waals surface area contributed by atoms with E-state index in [2.05, 4.69) is 18.0 Å². The summed E-state index contributed by atoms with van der Waals surface area (Å²) < 4.78 is 5.36. The molecule has 4 heteroatoms. The van der Waals surface area contributed by atoms with E-state index in [1.807, 2.05) is 12.1 Å². The quantitative estimate of drug-likeness (QED) is 0.845. The van der Waals surface area contributed by atoms with Crippen LogP contribution < -0.4 is 4.74 Å². The maximum absolute atomic E-state index is 11.3. The molecule has 4 nitrogen and oxygen atoms in total. The van der Waals surface area contributed by atoms with Gasteiger partial charge in [0.15, 0.2) is 0 Å². The lowest BCUT2D eigenvalue weighted by Gasteiger charge is -2.31. The molecule has 1 aliphatic rings. The Morgan fingerprint density at radius 3 is 2.70 bits per heavy atom. The normalized spacial score (nSPS) is 16.2. The first-order valence-electron chi connectivity index (χ1n) is 6.93. The van der Waals surface area contributed by atoms with Gasteiger partial charge in [-0.05, 0) is 38.1 Å². The Kier molecular flexibility index (Phi) is 4.75. The van der Waals surface area contributed by atoms with Crippen molar-refractivity contribution in [2.75, 3.05) is 14.2 Å². The Hall–Kier alpha value is -1.86. The number of Topliss-reactive ketones (excluding diaryl/α,β-unsaturated/α-hetero) is 1. The van der Waals surface area contributed by atoms with Gasteiger partial charge in [-0.1, -0.05) is 0 Å². The molecule has 1 aliphatic carbocycles. The van der Waals surface area contributed by atoms with Crippen LogP contribution in [0.15, 0.2) is 18.2 Å². The zero-order valence-corrected chi connectivity index (χ0v) is 12.1. The number of benzene rings is 1. The fraction of sp³-hybridized carbons (Fsp3) is 0.500. The van der Waals surface area contributed by atoms with E-state index in [9.17, 15) is 4.79 Å². The van der Waals surface area contributed by atoms with E-state index >= 15 is 0 Å². The van der Waals surface area contributed by atoms with Gasteiger partial charge >= 0.3 is 0 Å². The number of ether oxygens (including phenoxy) is 1. The molecule has 0 atom stereocenters. The van der Waals surface area contributed by atoms with Crippen LogP contribution in [0.25, 0.3) is 0 Å². The highest BCUT2D eigenvalue weighted by Gasteiger charge is 2.22. The van der Waals surface area contributed by atoms with Crippen LogP contribution in [0.1, 0.15) is 36.8 Å². The van der Waals surface area contributed by atoms with Crippen LogP contribution in [0.2, 0.25) is 0 Å². The highest BCUT2D eigenvalue weighted by atomic mass is 16.5. The van der Waals surface area contributed by atoms with Gasteiger partial charge in [0.2, 0.25) is 0 Å². The molecule has 0 amide bonds. The first-order valence-corrected chi connectivity index (χ1v) is 6.93. The standard InChI is InChI=1S/C16H20N2O2/c1-18(14-4-6-15(19)7-5-14)11-13-9-12(10-17)3-8-16(13)20-2/h3,8-9,14H,4-7,11H2,1-2H3. The van der Waals surface area contributed by atoms with Crippen molar-refractivity contribution < 1.29 is 9.53 Å². The minimum absolute atomic E-state index is 0.374. The lowest BCUT2D eigenvalue weighted by Crippen LogP contribution is -2.34. The fourth-order valence-corrected chi connectivity index (χ4v) is 2.73. The maximum atomic E-state index is 11.3. The van der Waals surface area contributed by atoms with Crippen molar-refractivity contribution in [3.05, 3.63) is 29.3 Å². The summed E-state index contributed by atoms with van der Waals surface area (Å²) in [7, 11) is 3.71. The van der Waals surface area contributed by atoms with Crippen LogP contribution in [0.5, 0.6) is 5.75 Å². The molecule has 0 unspecified atom stereocenters. The zero-order chi connectivity index (χ0) is 14.5. The van der Waals surface area contributed by atoms with Gasteiger partial charge < -0.3 is 4.74 Å². The van der Waals surface area contributed by atoms with Crippen molar-refractivity contribution in [2.24, 2.45) is 0 Å². The number of rotatable bonds is 4. The topological polar surface area (TPSA) is 53.3 Å². The third-order valence-corrected chi connectivity index (χ3v) is 3.97. The van der Waals surface area contributed by atoms with E-state index < -0.39 is 0 Å². The van der Waals surface area contributed by atoms with Gasteiger partial charge in [0.05, 0.1) is 18.7 Å². The molecule has 106 valence electrons. The SMILES string of the molecule is COc1ccc(C#N)cc1CN(C)C1CCC(=O)CC1. The van der Waals surface area contributed by atoms with Crippen molar-refractivity contribution in [3.8, 4) is 11.8 Å². The number of ketones is 1. The second-order valence-electron chi connectivity index (χ2n) is 5.32. The van der Waals surface area contributed by atoms with Crippen molar-refractivity contribution in [2.45, 2.75) is 38.3 Å². The molecule has 1 aromatic rings. The predicted octanol–water partition coefficient (Wildman–Crippen LogP) is 2.51. The van der Waals surface area contributed by atoms with Crippen LogP contribution in [0.3, 0.4) is 0 Å². The first-order chi connectivity index (χ1) is 9.63. The number of hydrogen-bond acceptors (Lipinski definition) is 4. The Morgan fingerprint density at radius 2 is 2.10 bits per heavy atom. The third-order valence-electron chi connectivity index (χ3n) is 3.97. The second kappa shape index (κ2) is 6.53. The molecule has 1 aromatic carbocycles. The monoisotopic (exact) mass is 272 g/mol. The number of nitriles is 1. The van der Waals surface area contributed by atoms with E-state index in [-0.39, 0.29) is 0 Å². The largest absolute Gasteiger partial charge is 0.496 e. The molecule has 0 aromatic heterocycles. The van der Waals surface area contributed by atoms with Gasteiger partial charge in [-0.3, -0.25) is 9.69 Å². The van der Waals surface area contributed by atoms with Crippen LogP contribution in [0, 0.1) is 11.3 Å². The lowest BCUT2D eigenvalue weighted by molar-refractivity contribution is -0.121. The summed E-state index contributed by atoms with van der Waals surface area (Å²) >= 11 is 0. The molecule has 20 heavy (non-hydrogen) atoms. The van der Waals surface area contributed by atoms with Crippen molar-refractivity contribution in [1.82, 2.24) is 4.90 Å². The lowest BCUT2D eigenvalue weighted by atomic mass is 9.93. The van der Waals surface area contributed by atoms with Crippen LogP contribution in [-0.4, -0.2) is 30.9 Å². The number of hydrogen-bond donors (Lipinski definition) is 0. The molecule has 1 saturated carbocycles. The average Bonchev–Trinajstić information content (AvgIpc) is 2.47. The first kappa shape index (κ1) is 14.5. The molecule has 0 saturated heterocycles. The van der Waals surface area contributed by atoms with Gasteiger partial charge in [0.25, 0.3) is 0 Å². The highest BCUT2D eigenvalue weighted by Crippen LogP contribution is 2.25. The number of nitrogens with zero attached hydrogens (tertiary/aromatic N) is 2. The number of carbonyl (C=O) groups is 1. The Bertz CT molecular complexity index is 524. The zero-order valence-electron chi connectivity index (χ0n) is 12.1. The molecule has 2 rings (SSSR count). The molecule has 1 fully saturated rings.